The van der Waals surface area contributed by atoms with Gasteiger partial charge < -0.3 is 10.6 Å². The zero-order valence-corrected chi connectivity index (χ0v) is 17.1. The van der Waals surface area contributed by atoms with Crippen molar-refractivity contribution in [1.82, 2.24) is 15.5 Å². The van der Waals surface area contributed by atoms with Crippen LogP contribution in [-0.4, -0.2) is 27.4 Å². The summed E-state index contributed by atoms with van der Waals surface area (Å²) in [5.74, 6) is 0.661. The molecule has 0 radical (unpaired) electrons. The average Bonchev–Trinajstić information content (AvgIpc) is 3.03. The van der Waals surface area contributed by atoms with Gasteiger partial charge in [0.2, 0.25) is 11.0 Å². The van der Waals surface area contributed by atoms with Crippen molar-refractivity contribution in [1.29, 1.82) is 0 Å². The molecule has 0 aliphatic heterocycles. The van der Waals surface area contributed by atoms with E-state index in [1.54, 1.807) is 0 Å². The fourth-order valence-electron chi connectivity index (χ4n) is 3.19. The Morgan fingerprint density at radius 2 is 2.12 bits per heavy atom. The highest BCUT2D eigenvalue weighted by Gasteiger charge is 2.25. The highest BCUT2D eigenvalue weighted by molar-refractivity contribution is 8.02. The normalized spacial score (nSPS) is 21.2. The predicted octanol–water partition coefficient (Wildman–Crippen LogP) is 4.77. The van der Waals surface area contributed by atoms with Crippen LogP contribution >= 0.6 is 23.1 Å². The van der Waals surface area contributed by atoms with Crippen molar-refractivity contribution in [2.75, 3.05) is 5.32 Å². The molecule has 7 heteroatoms. The van der Waals surface area contributed by atoms with Gasteiger partial charge in [-0.1, -0.05) is 55.0 Å². The summed E-state index contributed by atoms with van der Waals surface area (Å²) in [6.07, 6.45) is 4.78. The molecule has 3 rings (SSSR count). The Kier molecular flexibility index (Phi) is 6.53. The molecule has 1 fully saturated rings. The zero-order chi connectivity index (χ0) is 18.5. The number of benzene rings is 1. The van der Waals surface area contributed by atoms with Gasteiger partial charge in [-0.2, -0.15) is 0 Å². The standard InChI is InChI=1S/C19H26N4OS2/c1-12-7-6-9-15(11-12)20-18-22-23-19(26-18)25-14(3)17(24)21-16-10-5-4-8-13(16)2/h6-7,9,11,13-14,16H,4-5,8,10H2,1-3H3,(H,20,22)(H,21,24)/t13-,14-,16+/m0/s1. The minimum absolute atomic E-state index is 0.0946. The van der Waals surface area contributed by atoms with Gasteiger partial charge in [-0.3, -0.25) is 4.79 Å². The maximum absolute atomic E-state index is 12.5. The highest BCUT2D eigenvalue weighted by Crippen LogP contribution is 2.31. The van der Waals surface area contributed by atoms with E-state index in [-0.39, 0.29) is 11.2 Å². The maximum Gasteiger partial charge on any atom is 0.233 e. The number of hydrogen-bond acceptors (Lipinski definition) is 6. The topological polar surface area (TPSA) is 66.9 Å². The van der Waals surface area contributed by atoms with Crippen LogP contribution in [0.25, 0.3) is 0 Å². The van der Waals surface area contributed by atoms with Crippen LogP contribution in [0.3, 0.4) is 0 Å². The van der Waals surface area contributed by atoms with E-state index < -0.39 is 0 Å². The Morgan fingerprint density at radius 3 is 2.88 bits per heavy atom. The summed E-state index contributed by atoms with van der Waals surface area (Å²) in [7, 11) is 0. The Hall–Kier alpha value is -1.60. The second kappa shape index (κ2) is 8.86. The van der Waals surface area contributed by atoms with Crippen molar-refractivity contribution in [3.05, 3.63) is 29.8 Å². The van der Waals surface area contributed by atoms with Crippen LogP contribution in [-0.2, 0) is 4.79 Å². The van der Waals surface area contributed by atoms with Crippen LogP contribution in [0, 0.1) is 12.8 Å². The quantitative estimate of drug-likeness (QED) is 0.696. The summed E-state index contributed by atoms with van der Waals surface area (Å²) in [6, 6.07) is 8.44. The number of nitrogens with one attached hydrogen (secondary N) is 2. The zero-order valence-electron chi connectivity index (χ0n) is 15.5. The predicted molar refractivity (Wildman–Crippen MR) is 109 cm³/mol. The van der Waals surface area contributed by atoms with Crippen LogP contribution in [0.2, 0.25) is 0 Å². The number of aryl methyl sites for hydroxylation is 1. The molecule has 140 valence electrons. The first kappa shape index (κ1) is 19.2. The minimum Gasteiger partial charge on any atom is -0.352 e. The summed E-state index contributed by atoms with van der Waals surface area (Å²) >= 11 is 2.94. The number of amides is 1. The fourth-order valence-corrected chi connectivity index (χ4v) is 5.12. The van der Waals surface area contributed by atoms with Crippen LogP contribution in [0.1, 0.15) is 45.1 Å². The van der Waals surface area contributed by atoms with E-state index in [9.17, 15) is 4.79 Å². The van der Waals surface area contributed by atoms with Gasteiger partial charge in [0.15, 0.2) is 4.34 Å². The molecule has 2 aromatic rings. The van der Waals surface area contributed by atoms with Crippen LogP contribution in [0.5, 0.6) is 0 Å². The first-order chi connectivity index (χ1) is 12.5. The van der Waals surface area contributed by atoms with E-state index in [1.807, 2.05) is 19.1 Å². The largest absolute Gasteiger partial charge is 0.352 e. The fraction of sp³-hybridized carbons (Fsp3) is 0.526. The monoisotopic (exact) mass is 390 g/mol. The average molecular weight is 391 g/mol. The van der Waals surface area contributed by atoms with Crippen molar-refractivity contribution in [3.63, 3.8) is 0 Å². The number of nitrogens with zero attached hydrogens (tertiary/aromatic N) is 2. The summed E-state index contributed by atoms with van der Waals surface area (Å²) in [5.41, 5.74) is 2.19. The first-order valence-electron chi connectivity index (χ1n) is 9.15. The molecule has 1 aliphatic rings. The molecule has 0 unspecified atom stereocenters. The van der Waals surface area contributed by atoms with Crippen molar-refractivity contribution >= 4 is 39.8 Å². The van der Waals surface area contributed by atoms with E-state index in [1.165, 1.54) is 47.9 Å². The lowest BCUT2D eigenvalue weighted by Crippen LogP contribution is -2.44. The molecule has 1 aliphatic carbocycles. The summed E-state index contributed by atoms with van der Waals surface area (Å²) in [6.45, 7) is 6.22. The smallest absolute Gasteiger partial charge is 0.233 e. The van der Waals surface area contributed by atoms with Crippen molar-refractivity contribution in [2.24, 2.45) is 5.92 Å². The van der Waals surface area contributed by atoms with Crippen molar-refractivity contribution < 1.29 is 4.79 Å². The van der Waals surface area contributed by atoms with Gasteiger partial charge in [0.05, 0.1) is 5.25 Å². The van der Waals surface area contributed by atoms with Crippen LogP contribution < -0.4 is 10.6 Å². The Balaban J connectivity index is 1.53. The number of aromatic nitrogens is 2. The number of anilines is 2. The second-order valence-corrected chi connectivity index (χ2v) is 9.57. The molecule has 5 nitrogen and oxygen atoms in total. The van der Waals surface area contributed by atoms with Gasteiger partial charge in [0.1, 0.15) is 0 Å². The van der Waals surface area contributed by atoms with E-state index in [2.05, 4.69) is 46.8 Å². The lowest BCUT2D eigenvalue weighted by Gasteiger charge is -2.30. The molecule has 0 bridgehead atoms. The molecule has 1 amide bonds. The van der Waals surface area contributed by atoms with E-state index in [0.717, 1.165) is 21.6 Å². The summed E-state index contributed by atoms with van der Waals surface area (Å²) < 4.78 is 0.805. The molecule has 1 aromatic carbocycles. The Labute approximate surface area is 163 Å². The molecule has 1 heterocycles. The second-order valence-electron chi connectivity index (χ2n) is 7.00. The molecule has 26 heavy (non-hydrogen) atoms. The third-order valence-corrected chi connectivity index (χ3v) is 6.78. The first-order valence-corrected chi connectivity index (χ1v) is 10.8. The molecule has 0 spiro atoms. The third-order valence-electron chi connectivity index (χ3n) is 4.76. The molecular formula is C19H26N4OS2. The number of hydrogen-bond donors (Lipinski definition) is 2. The van der Waals surface area contributed by atoms with Crippen LogP contribution in [0.4, 0.5) is 10.8 Å². The van der Waals surface area contributed by atoms with Gasteiger partial charge in [-0.25, -0.2) is 0 Å². The van der Waals surface area contributed by atoms with E-state index >= 15 is 0 Å². The number of carbonyl (C=O) groups is 1. The highest BCUT2D eigenvalue weighted by atomic mass is 32.2. The van der Waals surface area contributed by atoms with Crippen LogP contribution in [0.15, 0.2) is 28.6 Å². The molecule has 1 saturated carbocycles. The Morgan fingerprint density at radius 1 is 1.31 bits per heavy atom. The minimum atomic E-state index is -0.177. The lowest BCUT2D eigenvalue weighted by atomic mass is 9.86. The molecule has 2 N–H and O–H groups in total. The number of thioether (sulfide) groups is 1. The van der Waals surface area contributed by atoms with Gasteiger partial charge >= 0.3 is 0 Å². The number of carbonyl (C=O) groups excluding carboxylic acids is 1. The Bertz CT molecular complexity index is 749. The molecule has 0 saturated heterocycles. The van der Waals surface area contributed by atoms with Gasteiger partial charge in [-0.05, 0) is 50.3 Å². The van der Waals surface area contributed by atoms with Crippen molar-refractivity contribution in [3.8, 4) is 0 Å². The molecule has 3 atom stereocenters. The van der Waals surface area contributed by atoms with Gasteiger partial charge in [-0.15, -0.1) is 10.2 Å². The number of rotatable bonds is 6. The van der Waals surface area contributed by atoms with Crippen molar-refractivity contribution in [2.45, 2.75) is 62.1 Å². The maximum atomic E-state index is 12.5. The SMILES string of the molecule is Cc1cccc(Nc2nnc(S[C@@H](C)C(=O)N[C@@H]3CCCC[C@@H]3C)s2)c1. The van der Waals surface area contributed by atoms with Gasteiger partial charge in [0.25, 0.3) is 0 Å². The van der Waals surface area contributed by atoms with Gasteiger partial charge in [0, 0.05) is 11.7 Å². The lowest BCUT2D eigenvalue weighted by molar-refractivity contribution is -0.121. The summed E-state index contributed by atoms with van der Waals surface area (Å²) in [5, 5.41) is 15.5. The van der Waals surface area contributed by atoms with E-state index in [0.29, 0.717) is 12.0 Å². The molecule has 1 aromatic heterocycles. The summed E-state index contributed by atoms with van der Waals surface area (Å²) in [4.78, 5) is 12.5. The third kappa shape index (κ3) is 5.20. The van der Waals surface area contributed by atoms with E-state index in [4.69, 9.17) is 0 Å². The molecular weight excluding hydrogens is 364 g/mol.